The predicted octanol–water partition coefficient (Wildman–Crippen LogP) is 1.18. The number of thiocarbonyl (C=S) groups is 1. The molecule has 2 nitrogen and oxygen atoms in total. The molecule has 0 amide bonds. The lowest BCUT2D eigenvalue weighted by atomic mass is 10.3. The summed E-state index contributed by atoms with van der Waals surface area (Å²) < 4.78 is 0. The molecule has 46 valence electrons. The van der Waals surface area contributed by atoms with Crippen LogP contribution in [0.2, 0.25) is 0 Å². The van der Waals surface area contributed by atoms with Crippen LogP contribution in [0.1, 0.15) is 13.8 Å². The Morgan fingerprint density at radius 1 is 1.62 bits per heavy atom. The van der Waals surface area contributed by atoms with Crippen molar-refractivity contribution in [2.75, 3.05) is 0 Å². The molecule has 0 aliphatic rings. The van der Waals surface area contributed by atoms with Crippen LogP contribution in [0, 0.1) is 5.92 Å². The summed E-state index contributed by atoms with van der Waals surface area (Å²) in [6, 6.07) is 0. The molecule has 0 unspecified atom stereocenters. The first-order valence-electron chi connectivity index (χ1n) is 2.49. The van der Waals surface area contributed by atoms with Crippen LogP contribution < -0.4 is 5.43 Å². The highest BCUT2D eigenvalue weighted by Gasteiger charge is 1.80. The normalized spacial score (nSPS) is 10.4. The Morgan fingerprint density at radius 3 is 2.62 bits per heavy atom. The van der Waals surface area contributed by atoms with E-state index in [1.165, 1.54) is 5.49 Å². The summed E-state index contributed by atoms with van der Waals surface area (Å²) in [5.74, 6) is 0.484. The van der Waals surface area contributed by atoms with E-state index in [-0.39, 0.29) is 0 Å². The van der Waals surface area contributed by atoms with Gasteiger partial charge in [-0.25, -0.2) is 0 Å². The molecule has 0 heterocycles. The van der Waals surface area contributed by atoms with Crippen LogP contribution in [0.4, 0.5) is 0 Å². The van der Waals surface area contributed by atoms with E-state index < -0.39 is 0 Å². The maximum atomic E-state index is 4.45. The fraction of sp³-hybridized carbons (Fsp3) is 0.600. The highest BCUT2D eigenvalue weighted by Crippen LogP contribution is 1.81. The first-order valence-corrected chi connectivity index (χ1v) is 2.97. The minimum atomic E-state index is 0.484. The molecule has 0 spiro atoms. The Morgan fingerprint density at radius 2 is 2.25 bits per heavy atom. The second-order valence-electron chi connectivity index (χ2n) is 1.77. The van der Waals surface area contributed by atoms with E-state index in [0.717, 1.165) is 0 Å². The van der Waals surface area contributed by atoms with Crippen LogP contribution in [0.15, 0.2) is 5.10 Å². The fourth-order valence-electron chi connectivity index (χ4n) is 0.223. The van der Waals surface area contributed by atoms with Gasteiger partial charge < -0.3 is 0 Å². The Balaban J connectivity index is 3.19. The maximum absolute atomic E-state index is 4.45. The van der Waals surface area contributed by atoms with Gasteiger partial charge in [-0.1, -0.05) is 26.1 Å². The Hall–Kier alpha value is -0.440. The topological polar surface area (TPSA) is 24.4 Å². The van der Waals surface area contributed by atoms with Crippen molar-refractivity contribution in [3.05, 3.63) is 0 Å². The van der Waals surface area contributed by atoms with Crippen molar-refractivity contribution >= 4 is 23.9 Å². The quantitative estimate of drug-likeness (QED) is 0.352. The van der Waals surface area contributed by atoms with Gasteiger partial charge in [-0.3, -0.25) is 5.43 Å². The summed E-state index contributed by atoms with van der Waals surface area (Å²) in [6.45, 7) is 4.10. The maximum Gasteiger partial charge on any atom is 0.0829 e. The van der Waals surface area contributed by atoms with E-state index in [1.54, 1.807) is 6.21 Å². The van der Waals surface area contributed by atoms with Crippen LogP contribution in [0.5, 0.6) is 0 Å². The molecule has 0 rings (SSSR count). The molecule has 0 aliphatic heterocycles. The van der Waals surface area contributed by atoms with Crippen molar-refractivity contribution in [1.82, 2.24) is 5.43 Å². The molecule has 8 heavy (non-hydrogen) atoms. The number of hydrogen-bond acceptors (Lipinski definition) is 2. The monoisotopic (exact) mass is 130 g/mol. The number of hydrogen-bond donors (Lipinski definition) is 1. The number of nitrogens with zero attached hydrogens (tertiary/aromatic N) is 1. The Kier molecular flexibility index (Phi) is 4.45. The standard InChI is InChI=1S/C5H10N2S/c1-5(2)3-6-7-4-8/h3-5H,1-2H3,(H,7,8)/b6-3+. The van der Waals surface area contributed by atoms with Crippen molar-refractivity contribution < 1.29 is 0 Å². The second-order valence-corrected chi connectivity index (χ2v) is 2.00. The van der Waals surface area contributed by atoms with E-state index >= 15 is 0 Å². The molecule has 0 aromatic carbocycles. The molecule has 0 aromatic heterocycles. The van der Waals surface area contributed by atoms with Gasteiger partial charge >= 0.3 is 0 Å². The summed E-state index contributed by atoms with van der Waals surface area (Å²) in [5, 5.41) is 3.75. The van der Waals surface area contributed by atoms with E-state index in [1.807, 2.05) is 0 Å². The fourth-order valence-corrected chi connectivity index (χ4v) is 0.283. The molecule has 0 aliphatic carbocycles. The van der Waals surface area contributed by atoms with Gasteiger partial charge in [-0.05, 0) is 5.92 Å². The highest BCUT2D eigenvalue weighted by atomic mass is 32.1. The molecule has 0 radical (unpaired) electrons. The van der Waals surface area contributed by atoms with Gasteiger partial charge in [0.15, 0.2) is 0 Å². The van der Waals surface area contributed by atoms with Gasteiger partial charge in [0.2, 0.25) is 0 Å². The zero-order valence-electron chi connectivity index (χ0n) is 5.09. The van der Waals surface area contributed by atoms with Crippen LogP contribution >= 0.6 is 12.2 Å². The molecule has 0 fully saturated rings. The van der Waals surface area contributed by atoms with E-state index in [4.69, 9.17) is 0 Å². The van der Waals surface area contributed by atoms with Crippen molar-refractivity contribution in [2.24, 2.45) is 11.0 Å². The van der Waals surface area contributed by atoms with Crippen molar-refractivity contribution in [3.8, 4) is 0 Å². The van der Waals surface area contributed by atoms with Gasteiger partial charge in [0, 0.05) is 6.21 Å². The molecule has 0 saturated heterocycles. The van der Waals surface area contributed by atoms with Crippen molar-refractivity contribution in [2.45, 2.75) is 13.8 Å². The van der Waals surface area contributed by atoms with Crippen molar-refractivity contribution in [1.29, 1.82) is 0 Å². The first kappa shape index (κ1) is 7.56. The second kappa shape index (κ2) is 4.71. The van der Waals surface area contributed by atoms with Gasteiger partial charge in [0.1, 0.15) is 0 Å². The molecular formula is C5H10N2S. The molecule has 0 atom stereocenters. The first-order chi connectivity index (χ1) is 3.77. The third kappa shape index (κ3) is 5.56. The lowest BCUT2D eigenvalue weighted by Gasteiger charge is -1.90. The molecule has 1 N–H and O–H groups in total. The molecule has 3 heteroatoms. The third-order valence-corrected chi connectivity index (χ3v) is 0.605. The lowest BCUT2D eigenvalue weighted by molar-refractivity contribution is 0.888. The minimum Gasteiger partial charge on any atom is -0.275 e. The lowest BCUT2D eigenvalue weighted by Crippen LogP contribution is -2.00. The average Bonchev–Trinajstić information content (AvgIpc) is 1.66. The van der Waals surface area contributed by atoms with E-state index in [2.05, 4.69) is 36.6 Å². The molecule has 0 aromatic rings. The SMILES string of the molecule is CC(C)/C=N/NC=S. The van der Waals surface area contributed by atoms with E-state index in [9.17, 15) is 0 Å². The summed E-state index contributed by atoms with van der Waals surface area (Å²) in [7, 11) is 0. The zero-order chi connectivity index (χ0) is 6.41. The summed E-state index contributed by atoms with van der Waals surface area (Å²) in [6.07, 6.45) is 1.79. The predicted molar refractivity (Wildman–Crippen MR) is 40.1 cm³/mol. The third-order valence-electron chi connectivity index (χ3n) is 0.500. The molecule has 0 saturated carbocycles. The summed E-state index contributed by atoms with van der Waals surface area (Å²) >= 11 is 4.45. The molecule has 0 bridgehead atoms. The van der Waals surface area contributed by atoms with Gasteiger partial charge in [-0.15, -0.1) is 0 Å². The number of nitrogens with one attached hydrogen (secondary N) is 1. The van der Waals surface area contributed by atoms with Crippen LogP contribution in [0.3, 0.4) is 0 Å². The van der Waals surface area contributed by atoms with Gasteiger partial charge in [0.25, 0.3) is 0 Å². The van der Waals surface area contributed by atoms with Crippen LogP contribution in [-0.2, 0) is 0 Å². The summed E-state index contributed by atoms with van der Waals surface area (Å²) in [4.78, 5) is 0. The zero-order valence-corrected chi connectivity index (χ0v) is 5.90. The molecular weight excluding hydrogens is 120 g/mol. The average molecular weight is 130 g/mol. The highest BCUT2D eigenvalue weighted by molar-refractivity contribution is 7.78. The van der Waals surface area contributed by atoms with Gasteiger partial charge in [0.05, 0.1) is 5.49 Å². The number of hydrazone groups is 1. The van der Waals surface area contributed by atoms with Crippen LogP contribution in [0.25, 0.3) is 0 Å². The number of rotatable bonds is 3. The van der Waals surface area contributed by atoms with Crippen LogP contribution in [-0.4, -0.2) is 11.7 Å². The van der Waals surface area contributed by atoms with Gasteiger partial charge in [-0.2, -0.15) is 5.10 Å². The Bertz CT molecular complexity index is 88.4. The largest absolute Gasteiger partial charge is 0.275 e. The smallest absolute Gasteiger partial charge is 0.0829 e. The van der Waals surface area contributed by atoms with Crippen molar-refractivity contribution in [3.63, 3.8) is 0 Å². The van der Waals surface area contributed by atoms with E-state index in [0.29, 0.717) is 5.92 Å². The summed E-state index contributed by atoms with van der Waals surface area (Å²) in [5.41, 5.74) is 3.91. The Labute approximate surface area is 55.0 Å². The minimum absolute atomic E-state index is 0.484.